The average molecular weight is 391 g/mol. The van der Waals surface area contributed by atoms with Gasteiger partial charge >= 0.3 is 0 Å². The van der Waals surface area contributed by atoms with Crippen molar-refractivity contribution in [3.8, 4) is 23.0 Å². The van der Waals surface area contributed by atoms with Gasteiger partial charge in [0.25, 0.3) is 0 Å². The first-order chi connectivity index (χ1) is 14.2. The zero-order valence-corrected chi connectivity index (χ0v) is 18.1. The summed E-state index contributed by atoms with van der Waals surface area (Å²) in [4.78, 5) is 0. The van der Waals surface area contributed by atoms with Crippen LogP contribution in [0.5, 0.6) is 0 Å². The lowest BCUT2D eigenvalue weighted by Crippen LogP contribution is -2.13. The van der Waals surface area contributed by atoms with E-state index in [1.54, 1.807) is 6.07 Å². The summed E-state index contributed by atoms with van der Waals surface area (Å²) in [6.07, 6.45) is 12.5. The monoisotopic (exact) mass is 390 g/mol. The lowest BCUT2D eigenvalue weighted by atomic mass is 9.80. The molecular weight excluding hydrogens is 355 g/mol. The Morgan fingerprint density at radius 3 is 2.28 bits per heavy atom. The third kappa shape index (κ3) is 6.46. The lowest BCUT2D eigenvalue weighted by molar-refractivity contribution is 0.296. The van der Waals surface area contributed by atoms with Crippen molar-refractivity contribution in [1.29, 1.82) is 0 Å². The summed E-state index contributed by atoms with van der Waals surface area (Å²) in [6, 6.07) is 13.7. The number of hydrogen-bond acceptors (Lipinski definition) is 0. The van der Waals surface area contributed by atoms with Crippen LogP contribution in [0.1, 0.15) is 82.8 Å². The van der Waals surface area contributed by atoms with Gasteiger partial charge in [0.2, 0.25) is 0 Å². The van der Waals surface area contributed by atoms with Crippen LogP contribution in [0.4, 0.5) is 4.39 Å². The van der Waals surface area contributed by atoms with Crippen LogP contribution in [0.15, 0.2) is 42.5 Å². The fourth-order valence-corrected chi connectivity index (χ4v) is 4.33. The second-order valence-electron chi connectivity index (χ2n) is 8.62. The van der Waals surface area contributed by atoms with Crippen molar-refractivity contribution in [2.75, 3.05) is 0 Å². The summed E-state index contributed by atoms with van der Waals surface area (Å²) in [5.41, 5.74) is 3.71. The molecule has 29 heavy (non-hydrogen) atoms. The van der Waals surface area contributed by atoms with Crippen LogP contribution in [-0.2, 0) is 6.42 Å². The molecule has 1 saturated carbocycles. The SMILES string of the molecule is CCCCc1ccc(-c2ccc(C#C[C@H]3CC[C@H](CCCC)CC3)cc2F)cc1. The van der Waals surface area contributed by atoms with Gasteiger partial charge in [-0.2, -0.15) is 0 Å². The molecule has 1 fully saturated rings. The van der Waals surface area contributed by atoms with Crippen LogP contribution in [0, 0.1) is 29.5 Å². The topological polar surface area (TPSA) is 0 Å². The Bertz CT molecular complexity index is 814. The van der Waals surface area contributed by atoms with Crippen molar-refractivity contribution >= 4 is 0 Å². The van der Waals surface area contributed by atoms with Crippen molar-refractivity contribution in [3.05, 3.63) is 59.4 Å². The molecule has 0 heterocycles. The van der Waals surface area contributed by atoms with Gasteiger partial charge in [0.1, 0.15) is 5.82 Å². The van der Waals surface area contributed by atoms with Crippen LogP contribution < -0.4 is 0 Å². The maximum Gasteiger partial charge on any atom is 0.132 e. The van der Waals surface area contributed by atoms with E-state index < -0.39 is 0 Å². The minimum absolute atomic E-state index is 0.179. The zero-order chi connectivity index (χ0) is 20.5. The molecular formula is C28H35F. The molecule has 2 aromatic rings. The minimum Gasteiger partial charge on any atom is -0.206 e. The molecule has 3 rings (SSSR count). The van der Waals surface area contributed by atoms with Crippen LogP contribution in [0.3, 0.4) is 0 Å². The summed E-state index contributed by atoms with van der Waals surface area (Å²) < 4.78 is 14.7. The third-order valence-electron chi connectivity index (χ3n) is 6.29. The molecule has 0 spiro atoms. The largest absolute Gasteiger partial charge is 0.206 e. The zero-order valence-electron chi connectivity index (χ0n) is 18.1. The first-order valence-electron chi connectivity index (χ1n) is 11.6. The van der Waals surface area contributed by atoms with Gasteiger partial charge in [0.15, 0.2) is 0 Å². The first-order valence-corrected chi connectivity index (χ1v) is 11.6. The van der Waals surface area contributed by atoms with E-state index >= 15 is 0 Å². The van der Waals surface area contributed by atoms with E-state index in [1.165, 1.54) is 63.4 Å². The number of benzene rings is 2. The molecule has 0 unspecified atom stereocenters. The molecule has 0 amide bonds. The summed E-state index contributed by atoms with van der Waals surface area (Å²) in [5.74, 6) is 7.85. The Morgan fingerprint density at radius 2 is 1.62 bits per heavy atom. The van der Waals surface area contributed by atoms with E-state index in [0.29, 0.717) is 11.5 Å². The molecule has 0 saturated heterocycles. The molecule has 0 nitrogen and oxygen atoms in total. The maximum absolute atomic E-state index is 14.7. The fourth-order valence-electron chi connectivity index (χ4n) is 4.33. The molecule has 0 bridgehead atoms. The van der Waals surface area contributed by atoms with Gasteiger partial charge < -0.3 is 0 Å². The molecule has 0 aromatic heterocycles. The Morgan fingerprint density at radius 1 is 0.897 bits per heavy atom. The normalized spacial score (nSPS) is 18.9. The fraction of sp³-hybridized carbons (Fsp3) is 0.500. The Balaban J connectivity index is 1.60. The van der Waals surface area contributed by atoms with Crippen LogP contribution in [0.2, 0.25) is 0 Å². The molecule has 1 aliphatic rings. The summed E-state index contributed by atoms with van der Waals surface area (Å²) in [7, 11) is 0. The third-order valence-corrected chi connectivity index (χ3v) is 6.29. The Kier molecular flexibility index (Phi) is 8.36. The van der Waals surface area contributed by atoms with E-state index in [1.807, 2.05) is 24.3 Å². The summed E-state index contributed by atoms with van der Waals surface area (Å²) in [5, 5.41) is 0. The molecule has 0 atom stereocenters. The summed E-state index contributed by atoms with van der Waals surface area (Å²) >= 11 is 0. The number of rotatable bonds is 7. The Labute approximate surface area is 176 Å². The smallest absolute Gasteiger partial charge is 0.132 e. The summed E-state index contributed by atoms with van der Waals surface area (Å²) in [6.45, 7) is 4.47. The van der Waals surface area contributed by atoms with E-state index in [9.17, 15) is 4.39 Å². The van der Waals surface area contributed by atoms with Gasteiger partial charge in [-0.25, -0.2) is 4.39 Å². The highest BCUT2D eigenvalue weighted by atomic mass is 19.1. The number of halogens is 1. The minimum atomic E-state index is -0.179. The highest BCUT2D eigenvalue weighted by Gasteiger charge is 2.19. The molecule has 2 aromatic carbocycles. The van der Waals surface area contributed by atoms with Crippen molar-refractivity contribution in [2.24, 2.45) is 11.8 Å². The lowest BCUT2D eigenvalue weighted by Gasteiger charge is -2.25. The standard InChI is InChI=1S/C28H35F/c1-3-5-7-22-9-11-24(12-10-22)13-14-25-17-20-27(28(29)21-25)26-18-15-23(16-19-26)8-6-4-2/h15-22,24H,3-12H2,1-2H3/t22-,24-. The van der Waals surface area contributed by atoms with Crippen molar-refractivity contribution in [3.63, 3.8) is 0 Å². The molecule has 1 heteroatoms. The van der Waals surface area contributed by atoms with Crippen molar-refractivity contribution in [2.45, 2.75) is 78.1 Å². The van der Waals surface area contributed by atoms with E-state index in [0.717, 1.165) is 23.5 Å². The van der Waals surface area contributed by atoms with Gasteiger partial charge in [-0.1, -0.05) is 81.7 Å². The van der Waals surface area contributed by atoms with Crippen molar-refractivity contribution in [1.82, 2.24) is 0 Å². The predicted molar refractivity (Wildman–Crippen MR) is 122 cm³/mol. The molecule has 1 aliphatic carbocycles. The highest BCUT2D eigenvalue weighted by Crippen LogP contribution is 2.31. The van der Waals surface area contributed by atoms with Gasteiger partial charge in [0, 0.05) is 17.0 Å². The molecule has 0 N–H and O–H groups in total. The van der Waals surface area contributed by atoms with E-state index in [2.05, 4.69) is 37.8 Å². The second-order valence-corrected chi connectivity index (χ2v) is 8.62. The quantitative estimate of drug-likeness (QED) is 0.418. The van der Waals surface area contributed by atoms with Gasteiger partial charge in [-0.15, -0.1) is 0 Å². The first kappa shape index (κ1) is 21.6. The van der Waals surface area contributed by atoms with Crippen LogP contribution >= 0.6 is 0 Å². The number of unbranched alkanes of at least 4 members (excludes halogenated alkanes) is 2. The average Bonchev–Trinajstić information content (AvgIpc) is 2.76. The van der Waals surface area contributed by atoms with E-state index in [4.69, 9.17) is 0 Å². The number of aryl methyl sites for hydroxylation is 1. The Hall–Kier alpha value is -2.07. The van der Waals surface area contributed by atoms with Crippen molar-refractivity contribution < 1.29 is 4.39 Å². The molecule has 0 radical (unpaired) electrons. The van der Waals surface area contributed by atoms with E-state index in [-0.39, 0.29) is 5.82 Å². The predicted octanol–water partition coefficient (Wildman–Crippen LogP) is 8.18. The molecule has 0 aliphatic heterocycles. The number of hydrogen-bond donors (Lipinski definition) is 0. The van der Waals surface area contributed by atoms with Gasteiger partial charge in [0.05, 0.1) is 0 Å². The second kappa shape index (κ2) is 11.2. The highest BCUT2D eigenvalue weighted by molar-refractivity contribution is 5.65. The van der Waals surface area contributed by atoms with Gasteiger partial charge in [-0.05, 0) is 67.7 Å². The maximum atomic E-state index is 14.7. The van der Waals surface area contributed by atoms with Crippen LogP contribution in [0.25, 0.3) is 11.1 Å². The van der Waals surface area contributed by atoms with Crippen LogP contribution in [-0.4, -0.2) is 0 Å². The van der Waals surface area contributed by atoms with Gasteiger partial charge in [-0.3, -0.25) is 0 Å². The molecule has 154 valence electrons.